The second kappa shape index (κ2) is 5.55. The molecule has 2 atom stereocenters. The number of aliphatic hydroxyl groups is 1. The van der Waals surface area contributed by atoms with Gasteiger partial charge in [-0.3, -0.25) is 0 Å². The molecule has 0 heterocycles. The Labute approximate surface area is 102 Å². The lowest BCUT2D eigenvalue weighted by Gasteiger charge is -2.17. The minimum atomic E-state index is -0.560. The minimum Gasteiger partial charge on any atom is -0.496 e. The van der Waals surface area contributed by atoms with E-state index in [2.05, 4.69) is 13.8 Å². The molecule has 0 aliphatic rings. The lowest BCUT2D eigenvalue weighted by atomic mass is 9.97. The number of methoxy groups -OCH3 is 1. The Morgan fingerprint density at radius 3 is 2.31 bits per heavy atom. The lowest BCUT2D eigenvalue weighted by molar-refractivity contribution is 0.189. The van der Waals surface area contributed by atoms with Crippen LogP contribution in [0.5, 0.6) is 5.75 Å². The van der Waals surface area contributed by atoms with E-state index < -0.39 is 6.10 Å². The molecule has 0 radical (unpaired) electrons. The second-order valence-corrected chi connectivity index (χ2v) is 4.77. The number of aliphatic hydroxyl groups excluding tert-OH is 1. The number of ether oxygens (including phenoxy) is 1. The van der Waals surface area contributed by atoms with Gasteiger partial charge in [-0.25, -0.2) is 0 Å². The molecule has 3 heteroatoms. The van der Waals surface area contributed by atoms with Crippen LogP contribution in [-0.4, -0.2) is 18.3 Å². The highest BCUT2D eigenvalue weighted by Crippen LogP contribution is 2.32. The molecule has 0 saturated carbocycles. The Kier molecular flexibility index (Phi) is 4.63. The fraction of sp³-hybridized carbons (Fsp3) is 0.538. The summed E-state index contributed by atoms with van der Waals surface area (Å²) in [7, 11) is 1.66. The first-order chi connectivity index (χ1) is 7.47. The van der Waals surface area contributed by atoms with Crippen LogP contribution in [0.1, 0.15) is 43.2 Å². The standard InChI is InChI=1S/C13H19ClO2/c1-8(2)11-7-10(13(14)9(3)15)5-6-12(11)16-4/h5-9,13,15H,1-4H3. The van der Waals surface area contributed by atoms with Gasteiger partial charge in [-0.2, -0.15) is 0 Å². The summed E-state index contributed by atoms with van der Waals surface area (Å²) < 4.78 is 5.30. The average Bonchev–Trinajstić information content (AvgIpc) is 2.26. The molecule has 1 rings (SSSR count). The van der Waals surface area contributed by atoms with Gasteiger partial charge in [0.15, 0.2) is 0 Å². The van der Waals surface area contributed by atoms with Gasteiger partial charge in [0, 0.05) is 0 Å². The molecule has 0 aliphatic heterocycles. The van der Waals surface area contributed by atoms with Gasteiger partial charge in [-0.05, 0) is 30.0 Å². The molecule has 0 spiro atoms. The number of halogens is 1. The van der Waals surface area contributed by atoms with Crippen molar-refractivity contribution in [3.63, 3.8) is 0 Å². The molecule has 16 heavy (non-hydrogen) atoms. The van der Waals surface area contributed by atoms with E-state index in [0.717, 1.165) is 16.9 Å². The van der Waals surface area contributed by atoms with Crippen molar-refractivity contribution in [3.8, 4) is 5.75 Å². The van der Waals surface area contributed by atoms with E-state index >= 15 is 0 Å². The summed E-state index contributed by atoms with van der Waals surface area (Å²) >= 11 is 6.12. The first-order valence-corrected chi connectivity index (χ1v) is 5.91. The van der Waals surface area contributed by atoms with E-state index in [9.17, 15) is 5.11 Å². The predicted octanol–water partition coefficient (Wildman–Crippen LogP) is 3.48. The molecule has 90 valence electrons. The van der Waals surface area contributed by atoms with Crippen LogP contribution in [0.15, 0.2) is 18.2 Å². The van der Waals surface area contributed by atoms with Crippen molar-refractivity contribution in [1.82, 2.24) is 0 Å². The van der Waals surface area contributed by atoms with Crippen LogP contribution in [-0.2, 0) is 0 Å². The third-order valence-electron chi connectivity index (χ3n) is 2.62. The Morgan fingerprint density at radius 1 is 1.25 bits per heavy atom. The zero-order valence-corrected chi connectivity index (χ0v) is 11.0. The van der Waals surface area contributed by atoms with Gasteiger partial charge >= 0.3 is 0 Å². The molecule has 0 aromatic heterocycles. The van der Waals surface area contributed by atoms with Crippen molar-refractivity contribution < 1.29 is 9.84 Å². The van der Waals surface area contributed by atoms with E-state index in [-0.39, 0.29) is 5.38 Å². The molecule has 0 saturated heterocycles. The number of hydrogen-bond donors (Lipinski definition) is 1. The van der Waals surface area contributed by atoms with Crippen molar-refractivity contribution in [1.29, 1.82) is 0 Å². The topological polar surface area (TPSA) is 29.5 Å². The molecule has 0 aliphatic carbocycles. The summed E-state index contributed by atoms with van der Waals surface area (Å²) in [5, 5.41) is 9.10. The normalized spacial score (nSPS) is 14.9. The van der Waals surface area contributed by atoms with Gasteiger partial charge < -0.3 is 9.84 Å². The molecule has 0 bridgehead atoms. The van der Waals surface area contributed by atoms with Crippen LogP contribution in [0.4, 0.5) is 0 Å². The zero-order valence-electron chi connectivity index (χ0n) is 10.2. The fourth-order valence-electron chi connectivity index (χ4n) is 1.65. The van der Waals surface area contributed by atoms with Gasteiger partial charge in [0.25, 0.3) is 0 Å². The maximum Gasteiger partial charge on any atom is 0.122 e. The Hall–Kier alpha value is -0.730. The summed E-state index contributed by atoms with van der Waals surface area (Å²) in [5.41, 5.74) is 2.05. The number of hydrogen-bond acceptors (Lipinski definition) is 2. The highest BCUT2D eigenvalue weighted by molar-refractivity contribution is 6.21. The summed E-state index contributed by atoms with van der Waals surface area (Å²) in [6, 6.07) is 5.81. The Bertz CT molecular complexity index is 348. The summed E-state index contributed by atoms with van der Waals surface area (Å²) in [5.74, 6) is 1.24. The summed E-state index contributed by atoms with van der Waals surface area (Å²) in [4.78, 5) is 0. The fourth-order valence-corrected chi connectivity index (χ4v) is 1.79. The number of rotatable bonds is 4. The summed E-state index contributed by atoms with van der Waals surface area (Å²) in [6.07, 6.45) is -0.560. The maximum atomic E-state index is 9.47. The van der Waals surface area contributed by atoms with E-state index in [1.807, 2.05) is 18.2 Å². The van der Waals surface area contributed by atoms with Crippen molar-refractivity contribution in [2.24, 2.45) is 0 Å². The van der Waals surface area contributed by atoms with Crippen LogP contribution in [0, 0.1) is 0 Å². The molecule has 0 fully saturated rings. The highest BCUT2D eigenvalue weighted by atomic mass is 35.5. The highest BCUT2D eigenvalue weighted by Gasteiger charge is 2.16. The number of benzene rings is 1. The number of alkyl halides is 1. The van der Waals surface area contributed by atoms with Crippen LogP contribution in [0.2, 0.25) is 0 Å². The van der Waals surface area contributed by atoms with Crippen molar-refractivity contribution >= 4 is 11.6 Å². The third kappa shape index (κ3) is 2.89. The molecule has 1 aromatic rings. The van der Waals surface area contributed by atoms with Crippen molar-refractivity contribution in [3.05, 3.63) is 29.3 Å². The smallest absolute Gasteiger partial charge is 0.122 e. The van der Waals surface area contributed by atoms with E-state index in [1.165, 1.54) is 0 Å². The Morgan fingerprint density at radius 2 is 1.88 bits per heavy atom. The summed E-state index contributed by atoms with van der Waals surface area (Å²) in [6.45, 7) is 5.90. The molecular weight excluding hydrogens is 224 g/mol. The van der Waals surface area contributed by atoms with Crippen molar-refractivity contribution in [2.75, 3.05) is 7.11 Å². The minimum absolute atomic E-state index is 0.368. The van der Waals surface area contributed by atoms with Gasteiger partial charge in [0.05, 0.1) is 18.6 Å². The predicted molar refractivity (Wildman–Crippen MR) is 67.4 cm³/mol. The second-order valence-electron chi connectivity index (χ2n) is 4.30. The maximum absolute atomic E-state index is 9.47. The van der Waals surface area contributed by atoms with Crippen molar-refractivity contribution in [2.45, 2.75) is 38.2 Å². The van der Waals surface area contributed by atoms with E-state index in [1.54, 1.807) is 14.0 Å². The molecular formula is C13H19ClO2. The third-order valence-corrected chi connectivity index (χ3v) is 3.23. The van der Waals surface area contributed by atoms with Gasteiger partial charge in [0.2, 0.25) is 0 Å². The molecule has 1 N–H and O–H groups in total. The van der Waals surface area contributed by atoms with E-state index in [0.29, 0.717) is 5.92 Å². The van der Waals surface area contributed by atoms with Crippen LogP contribution < -0.4 is 4.74 Å². The molecule has 2 nitrogen and oxygen atoms in total. The first-order valence-electron chi connectivity index (χ1n) is 5.47. The van der Waals surface area contributed by atoms with Crippen LogP contribution >= 0.6 is 11.6 Å². The Balaban J connectivity index is 3.11. The lowest BCUT2D eigenvalue weighted by Crippen LogP contribution is -2.09. The first kappa shape index (κ1) is 13.3. The van der Waals surface area contributed by atoms with Gasteiger partial charge in [-0.15, -0.1) is 11.6 Å². The molecule has 0 amide bonds. The SMILES string of the molecule is COc1ccc(C(Cl)C(C)O)cc1C(C)C. The monoisotopic (exact) mass is 242 g/mol. The van der Waals surface area contributed by atoms with Gasteiger partial charge in [0.1, 0.15) is 5.75 Å². The van der Waals surface area contributed by atoms with E-state index in [4.69, 9.17) is 16.3 Å². The van der Waals surface area contributed by atoms with Crippen LogP contribution in [0.25, 0.3) is 0 Å². The quantitative estimate of drug-likeness (QED) is 0.820. The molecule has 1 aromatic carbocycles. The average molecular weight is 243 g/mol. The molecule has 2 unspecified atom stereocenters. The zero-order chi connectivity index (χ0) is 12.3. The van der Waals surface area contributed by atoms with Crippen LogP contribution in [0.3, 0.4) is 0 Å². The largest absolute Gasteiger partial charge is 0.496 e. The van der Waals surface area contributed by atoms with Gasteiger partial charge in [-0.1, -0.05) is 26.0 Å².